The summed E-state index contributed by atoms with van der Waals surface area (Å²) in [5, 5.41) is 18.2. The van der Waals surface area contributed by atoms with Crippen LogP contribution < -0.4 is 9.64 Å². The number of fused-ring (bicyclic) bond motifs is 5. The third-order valence-electron chi connectivity index (χ3n) is 12.4. The molecule has 2 saturated heterocycles. The zero-order valence-electron chi connectivity index (χ0n) is 30.4. The van der Waals surface area contributed by atoms with Crippen LogP contribution in [0.2, 0.25) is 5.02 Å². The third-order valence-corrected chi connectivity index (χ3v) is 14.4. The van der Waals surface area contributed by atoms with E-state index in [2.05, 4.69) is 15.9 Å². The minimum Gasteiger partial charge on any atom is -0.504 e. The number of phenols is 1. The minimum atomic E-state index is -1.38. The maximum Gasteiger partial charge on any atom is 0.242 e. The SMILES string of the molecule is COc1cc(Br)cc(C2C3=CCC4C(=O)N(Cc5ccccc5)C(=O)C4C3CC3C(=O)N(c4cc(-c5sc6ccc(Cl)cc6c5C)nn4C)C(=O)C32C)c1O. The zero-order chi connectivity index (χ0) is 38.7. The van der Waals surface area contributed by atoms with Gasteiger partial charge in [0, 0.05) is 38.8 Å². The molecule has 6 atom stereocenters. The first-order chi connectivity index (χ1) is 26.3. The number of aryl methyl sites for hydroxylation is 2. The fourth-order valence-electron chi connectivity index (χ4n) is 9.75. The lowest BCUT2D eigenvalue weighted by atomic mass is 9.51. The number of nitrogens with zero attached hydrogens (tertiary/aromatic N) is 4. The molecule has 0 spiro atoms. The van der Waals surface area contributed by atoms with Crippen molar-refractivity contribution in [2.75, 3.05) is 12.0 Å². The van der Waals surface area contributed by atoms with Crippen LogP contribution in [-0.4, -0.2) is 50.5 Å². The van der Waals surface area contributed by atoms with Crippen molar-refractivity contribution in [1.82, 2.24) is 14.7 Å². The van der Waals surface area contributed by atoms with Crippen LogP contribution in [0.1, 0.15) is 42.4 Å². The third kappa shape index (κ3) is 5.20. The maximum atomic E-state index is 15.2. The molecule has 6 unspecified atom stereocenters. The quantitative estimate of drug-likeness (QED) is 0.135. The van der Waals surface area contributed by atoms with E-state index in [9.17, 15) is 19.5 Å². The molecule has 3 aromatic carbocycles. The number of methoxy groups -OCH3 is 1. The lowest BCUT2D eigenvalue weighted by Crippen LogP contribution is -2.49. The second-order valence-corrected chi connectivity index (χ2v) is 17.6. The monoisotopic (exact) mass is 838 g/mol. The standard InChI is InChI=1S/C42H36BrClN4O6S/c1-20-26-16-23(44)10-13-32(26)55-37(20)30-18-33(46(3)45-30)48-39(51)29-17-27-24(35(42(29,2)41(48)53)28-14-22(43)15-31(54-4)36(28)49)11-12-25-34(27)40(52)47(38(25)50)19-21-8-6-5-7-9-21/h5-11,13-16,18,25,27,29,34-35,49H,12,17,19H2,1-4H3. The Balaban J connectivity index is 1.16. The fraction of sp³-hybridized carbons (Fsp3) is 0.310. The number of thiophene rings is 1. The lowest BCUT2D eigenvalue weighted by molar-refractivity contribution is -0.141. The highest BCUT2D eigenvalue weighted by Gasteiger charge is 2.68. The Kier molecular flexibility index (Phi) is 8.41. The van der Waals surface area contributed by atoms with Crippen molar-refractivity contribution in [2.24, 2.45) is 36.1 Å². The summed E-state index contributed by atoms with van der Waals surface area (Å²) in [6, 6.07) is 20.3. The number of anilines is 1. The van der Waals surface area contributed by atoms with Crippen molar-refractivity contribution in [3.05, 3.63) is 105 Å². The molecule has 1 N–H and O–H groups in total. The summed E-state index contributed by atoms with van der Waals surface area (Å²) in [5.41, 5.74) is 2.25. The van der Waals surface area contributed by atoms with Crippen molar-refractivity contribution in [2.45, 2.75) is 39.2 Å². The van der Waals surface area contributed by atoms with Gasteiger partial charge in [0.25, 0.3) is 0 Å². The number of aromatic nitrogens is 2. The predicted octanol–water partition coefficient (Wildman–Crippen LogP) is 8.17. The summed E-state index contributed by atoms with van der Waals surface area (Å²) in [6.45, 7) is 3.95. The van der Waals surface area contributed by atoms with Crippen molar-refractivity contribution in [1.29, 1.82) is 0 Å². The van der Waals surface area contributed by atoms with Gasteiger partial charge in [0.2, 0.25) is 23.6 Å². The lowest BCUT2D eigenvalue weighted by Gasteiger charge is -2.49. The van der Waals surface area contributed by atoms with Gasteiger partial charge >= 0.3 is 0 Å². The number of amides is 4. The average molecular weight is 840 g/mol. The van der Waals surface area contributed by atoms with Gasteiger partial charge in [-0.15, -0.1) is 11.3 Å². The summed E-state index contributed by atoms with van der Waals surface area (Å²) in [5.74, 6) is -4.53. The van der Waals surface area contributed by atoms with Crippen LogP contribution in [0, 0.1) is 36.0 Å². The first-order valence-electron chi connectivity index (χ1n) is 18.1. The minimum absolute atomic E-state index is 0.152. The molecular formula is C42H36BrClN4O6S. The number of allylic oxidation sites excluding steroid dienone is 2. The summed E-state index contributed by atoms with van der Waals surface area (Å²) in [6.07, 6.45) is 2.46. The van der Waals surface area contributed by atoms with Gasteiger partial charge in [-0.05, 0) is 79.5 Å². The Bertz CT molecular complexity index is 2530. The van der Waals surface area contributed by atoms with Crippen LogP contribution >= 0.6 is 38.9 Å². The smallest absolute Gasteiger partial charge is 0.242 e. The molecule has 3 fully saturated rings. The molecule has 280 valence electrons. The number of halogens is 2. The molecular weight excluding hydrogens is 804 g/mol. The van der Waals surface area contributed by atoms with Crippen molar-refractivity contribution >= 4 is 78.4 Å². The highest BCUT2D eigenvalue weighted by molar-refractivity contribution is 9.10. The molecule has 0 radical (unpaired) electrons. The van der Waals surface area contributed by atoms with Gasteiger partial charge in [0.05, 0.1) is 41.7 Å². The molecule has 4 amide bonds. The van der Waals surface area contributed by atoms with E-state index in [1.54, 1.807) is 48.2 Å². The van der Waals surface area contributed by atoms with E-state index in [0.29, 0.717) is 33.0 Å². The molecule has 1 saturated carbocycles. The molecule has 4 aliphatic rings. The van der Waals surface area contributed by atoms with Crippen LogP contribution in [0.15, 0.2) is 82.9 Å². The van der Waals surface area contributed by atoms with Crippen molar-refractivity contribution in [3.8, 4) is 22.1 Å². The number of rotatable bonds is 6. The first kappa shape index (κ1) is 35.9. The molecule has 5 aromatic rings. The fourth-order valence-corrected chi connectivity index (χ4v) is 11.5. The number of hydrogen-bond donors (Lipinski definition) is 1. The molecule has 55 heavy (non-hydrogen) atoms. The Morgan fingerprint density at radius 1 is 1.02 bits per heavy atom. The van der Waals surface area contributed by atoms with Crippen molar-refractivity contribution in [3.63, 3.8) is 0 Å². The topological polar surface area (TPSA) is 122 Å². The van der Waals surface area contributed by atoms with Gasteiger partial charge in [0.15, 0.2) is 11.5 Å². The van der Waals surface area contributed by atoms with E-state index in [1.165, 1.54) is 16.9 Å². The Morgan fingerprint density at radius 2 is 1.78 bits per heavy atom. The number of hydrogen-bond acceptors (Lipinski definition) is 8. The van der Waals surface area contributed by atoms with Gasteiger partial charge < -0.3 is 9.84 Å². The first-order valence-corrected chi connectivity index (χ1v) is 20.1. The summed E-state index contributed by atoms with van der Waals surface area (Å²) in [7, 11) is 3.16. The number of imide groups is 2. The number of aromatic hydroxyl groups is 1. The van der Waals surface area contributed by atoms with Crippen LogP contribution in [0.4, 0.5) is 5.82 Å². The largest absolute Gasteiger partial charge is 0.504 e. The van der Waals surface area contributed by atoms with Crippen molar-refractivity contribution < 1.29 is 29.0 Å². The van der Waals surface area contributed by atoms with Crippen LogP contribution in [0.5, 0.6) is 11.5 Å². The van der Waals surface area contributed by atoms with E-state index >= 15 is 4.79 Å². The number of likely N-dealkylation sites (tertiary alicyclic amines) is 1. The van der Waals surface area contributed by atoms with Crippen LogP contribution in [0.3, 0.4) is 0 Å². The summed E-state index contributed by atoms with van der Waals surface area (Å²) < 4.78 is 8.77. The number of phenolic OH excluding ortho intramolecular Hbond substituents is 1. The van der Waals surface area contributed by atoms with E-state index in [0.717, 1.165) is 31.7 Å². The average Bonchev–Trinajstić information content (AvgIpc) is 3.83. The Labute approximate surface area is 334 Å². The molecule has 13 heteroatoms. The van der Waals surface area contributed by atoms with Crippen LogP contribution in [-0.2, 0) is 32.8 Å². The van der Waals surface area contributed by atoms with Crippen LogP contribution in [0.25, 0.3) is 20.7 Å². The summed E-state index contributed by atoms with van der Waals surface area (Å²) in [4.78, 5) is 61.9. The zero-order valence-corrected chi connectivity index (χ0v) is 33.5. The molecule has 9 rings (SSSR count). The molecule has 0 bridgehead atoms. The van der Waals surface area contributed by atoms with Gasteiger partial charge in [-0.25, -0.2) is 4.90 Å². The molecule has 10 nitrogen and oxygen atoms in total. The van der Waals surface area contributed by atoms with Gasteiger partial charge in [-0.3, -0.25) is 28.8 Å². The van der Waals surface area contributed by atoms with Gasteiger partial charge in [-0.2, -0.15) is 5.10 Å². The molecule has 2 aliphatic heterocycles. The molecule has 2 aromatic heterocycles. The second kappa shape index (κ2) is 12.9. The molecule has 2 aliphatic carbocycles. The Morgan fingerprint density at radius 3 is 2.53 bits per heavy atom. The normalized spacial score (nSPS) is 26.1. The Hall–Kier alpha value is -4.78. The number of ether oxygens (including phenoxy) is 1. The summed E-state index contributed by atoms with van der Waals surface area (Å²) >= 11 is 11.5. The van der Waals surface area contributed by atoms with E-state index < -0.39 is 46.8 Å². The number of carbonyl (C=O) groups excluding carboxylic acids is 4. The van der Waals surface area contributed by atoms with E-state index in [4.69, 9.17) is 21.4 Å². The number of benzene rings is 3. The predicted molar refractivity (Wildman–Crippen MR) is 213 cm³/mol. The highest BCUT2D eigenvalue weighted by atomic mass is 79.9. The van der Waals surface area contributed by atoms with E-state index in [1.807, 2.05) is 61.5 Å². The number of carbonyl (C=O) groups is 4. The second-order valence-electron chi connectivity index (χ2n) is 15.2. The van der Waals surface area contributed by atoms with E-state index in [-0.39, 0.29) is 36.3 Å². The maximum absolute atomic E-state index is 15.2. The van der Waals surface area contributed by atoms with Gasteiger partial charge in [-0.1, -0.05) is 69.5 Å². The highest BCUT2D eigenvalue weighted by Crippen LogP contribution is 2.65. The molecule has 4 heterocycles. The van der Waals surface area contributed by atoms with Gasteiger partial charge in [0.1, 0.15) is 11.5 Å².